The van der Waals surface area contributed by atoms with Crippen LogP contribution in [0.5, 0.6) is 0 Å². The number of amides is 1. The molecule has 0 saturated carbocycles. The zero-order valence-electron chi connectivity index (χ0n) is 10.4. The lowest BCUT2D eigenvalue weighted by atomic mass is 10.0. The second kappa shape index (κ2) is 4.89. The lowest BCUT2D eigenvalue weighted by Crippen LogP contribution is -2.46. The number of pyridine rings is 1. The molecule has 2 N–H and O–H groups in total. The van der Waals surface area contributed by atoms with Crippen molar-refractivity contribution >= 4 is 11.7 Å². The van der Waals surface area contributed by atoms with Crippen molar-refractivity contribution in [3.8, 4) is 0 Å². The van der Waals surface area contributed by atoms with Crippen molar-refractivity contribution in [3.05, 3.63) is 23.6 Å². The highest BCUT2D eigenvalue weighted by molar-refractivity contribution is 5.99. The Morgan fingerprint density at radius 3 is 3.00 bits per heavy atom. The van der Waals surface area contributed by atoms with Crippen molar-refractivity contribution < 1.29 is 13.9 Å². The molecule has 5 nitrogen and oxygen atoms in total. The van der Waals surface area contributed by atoms with Crippen LogP contribution in [0.15, 0.2) is 12.3 Å². The smallest absolute Gasteiger partial charge is 0.255 e. The summed E-state index contributed by atoms with van der Waals surface area (Å²) in [6, 6.07) is 1.17. The van der Waals surface area contributed by atoms with Gasteiger partial charge in [-0.1, -0.05) is 0 Å². The maximum absolute atomic E-state index is 13.2. The number of ether oxygens (including phenoxy) is 1. The van der Waals surface area contributed by atoms with Gasteiger partial charge in [-0.3, -0.25) is 4.79 Å². The van der Waals surface area contributed by atoms with Gasteiger partial charge in [-0.15, -0.1) is 0 Å². The molecule has 1 aromatic heterocycles. The van der Waals surface area contributed by atoms with Gasteiger partial charge in [0.2, 0.25) is 0 Å². The quantitative estimate of drug-likeness (QED) is 0.849. The number of hydrogen-bond acceptors (Lipinski definition) is 4. The number of rotatable bonds is 3. The standard InChI is InChI=1S/C12H16FN3O2/c1-12(3-4-18-7-12)16-11(17)9-5-8(13)6-15-10(9)14-2/h5-6H,3-4,7H2,1-2H3,(H,14,15)(H,16,17). The third kappa shape index (κ3) is 2.59. The van der Waals surface area contributed by atoms with E-state index in [9.17, 15) is 9.18 Å². The molecule has 2 heterocycles. The van der Waals surface area contributed by atoms with E-state index in [1.54, 1.807) is 7.05 Å². The molecular weight excluding hydrogens is 237 g/mol. The van der Waals surface area contributed by atoms with E-state index in [4.69, 9.17) is 4.74 Å². The maximum Gasteiger partial charge on any atom is 0.255 e. The number of halogens is 1. The Kier molecular flexibility index (Phi) is 3.47. The molecule has 1 atom stereocenters. The zero-order chi connectivity index (χ0) is 13.2. The zero-order valence-corrected chi connectivity index (χ0v) is 10.4. The minimum absolute atomic E-state index is 0.200. The van der Waals surface area contributed by atoms with Gasteiger partial charge in [0.05, 0.1) is 23.9 Å². The summed E-state index contributed by atoms with van der Waals surface area (Å²) < 4.78 is 18.4. The van der Waals surface area contributed by atoms with Crippen LogP contribution in [0.4, 0.5) is 10.2 Å². The predicted octanol–water partition coefficient (Wildman–Crippen LogP) is 1.17. The summed E-state index contributed by atoms with van der Waals surface area (Å²) in [5.41, 5.74) is -0.195. The number of nitrogens with zero attached hydrogens (tertiary/aromatic N) is 1. The molecule has 1 amide bonds. The largest absolute Gasteiger partial charge is 0.379 e. The van der Waals surface area contributed by atoms with E-state index in [1.165, 1.54) is 6.07 Å². The Morgan fingerprint density at radius 2 is 2.39 bits per heavy atom. The van der Waals surface area contributed by atoms with Crippen LogP contribution in [0.3, 0.4) is 0 Å². The van der Waals surface area contributed by atoms with E-state index in [-0.39, 0.29) is 11.5 Å². The van der Waals surface area contributed by atoms with Crippen molar-refractivity contribution in [1.82, 2.24) is 10.3 Å². The normalized spacial score (nSPS) is 22.8. The van der Waals surface area contributed by atoms with E-state index >= 15 is 0 Å². The minimum atomic E-state index is -0.535. The van der Waals surface area contributed by atoms with Crippen molar-refractivity contribution in [2.45, 2.75) is 18.9 Å². The van der Waals surface area contributed by atoms with E-state index in [0.717, 1.165) is 12.6 Å². The Balaban J connectivity index is 2.20. The molecule has 6 heteroatoms. The lowest BCUT2D eigenvalue weighted by Gasteiger charge is -2.23. The van der Waals surface area contributed by atoms with Crippen LogP contribution in [0, 0.1) is 5.82 Å². The van der Waals surface area contributed by atoms with Crippen LogP contribution in [0.1, 0.15) is 23.7 Å². The van der Waals surface area contributed by atoms with Gasteiger partial charge in [0, 0.05) is 13.7 Å². The van der Waals surface area contributed by atoms with Crippen LogP contribution in [-0.4, -0.2) is 36.7 Å². The first-order valence-corrected chi connectivity index (χ1v) is 5.78. The molecule has 1 saturated heterocycles. The summed E-state index contributed by atoms with van der Waals surface area (Å²) in [7, 11) is 1.64. The first kappa shape index (κ1) is 12.8. The van der Waals surface area contributed by atoms with E-state index in [1.807, 2.05) is 6.92 Å². The maximum atomic E-state index is 13.2. The third-order valence-electron chi connectivity index (χ3n) is 2.97. The Hall–Kier alpha value is -1.69. The molecule has 2 rings (SSSR count). The van der Waals surface area contributed by atoms with Crippen molar-refractivity contribution in [1.29, 1.82) is 0 Å². The first-order valence-electron chi connectivity index (χ1n) is 5.78. The monoisotopic (exact) mass is 253 g/mol. The molecule has 1 unspecified atom stereocenters. The Bertz CT molecular complexity index is 459. The van der Waals surface area contributed by atoms with E-state index < -0.39 is 11.4 Å². The highest BCUT2D eigenvalue weighted by Gasteiger charge is 2.32. The van der Waals surface area contributed by atoms with Crippen LogP contribution in [-0.2, 0) is 4.74 Å². The van der Waals surface area contributed by atoms with Gasteiger partial charge in [-0.2, -0.15) is 0 Å². The molecule has 0 aromatic carbocycles. The molecule has 1 aliphatic rings. The second-order valence-corrected chi connectivity index (χ2v) is 4.62. The molecular formula is C12H16FN3O2. The molecule has 0 radical (unpaired) electrons. The predicted molar refractivity (Wildman–Crippen MR) is 65.0 cm³/mol. The Labute approximate surface area is 105 Å². The number of aromatic nitrogens is 1. The SMILES string of the molecule is CNc1ncc(F)cc1C(=O)NC1(C)CCOC1. The van der Waals surface area contributed by atoms with Gasteiger partial charge in [-0.05, 0) is 19.4 Å². The highest BCUT2D eigenvalue weighted by atomic mass is 19.1. The topological polar surface area (TPSA) is 63.2 Å². The highest BCUT2D eigenvalue weighted by Crippen LogP contribution is 2.20. The molecule has 1 fully saturated rings. The molecule has 98 valence electrons. The molecule has 0 bridgehead atoms. The second-order valence-electron chi connectivity index (χ2n) is 4.62. The van der Waals surface area contributed by atoms with Gasteiger partial charge >= 0.3 is 0 Å². The van der Waals surface area contributed by atoms with Gasteiger partial charge in [0.1, 0.15) is 11.6 Å². The fourth-order valence-corrected chi connectivity index (χ4v) is 1.92. The van der Waals surface area contributed by atoms with Crippen LogP contribution in [0.25, 0.3) is 0 Å². The molecule has 1 aliphatic heterocycles. The summed E-state index contributed by atoms with van der Waals surface area (Å²) in [4.78, 5) is 16.0. The third-order valence-corrected chi connectivity index (χ3v) is 2.97. The van der Waals surface area contributed by atoms with Gasteiger partial charge in [0.25, 0.3) is 5.91 Å². The minimum Gasteiger partial charge on any atom is -0.379 e. The molecule has 0 spiro atoms. The molecule has 1 aromatic rings. The lowest BCUT2D eigenvalue weighted by molar-refractivity contribution is 0.0890. The van der Waals surface area contributed by atoms with Gasteiger partial charge in [0.15, 0.2) is 0 Å². The summed E-state index contributed by atoms with van der Waals surface area (Å²) in [5.74, 6) is -0.525. The fourth-order valence-electron chi connectivity index (χ4n) is 1.92. The summed E-state index contributed by atoms with van der Waals surface area (Å²) in [6.07, 6.45) is 1.82. The van der Waals surface area contributed by atoms with Crippen molar-refractivity contribution in [2.24, 2.45) is 0 Å². The number of anilines is 1. The van der Waals surface area contributed by atoms with Crippen LogP contribution < -0.4 is 10.6 Å². The number of carbonyl (C=O) groups excluding carboxylic acids is 1. The van der Waals surface area contributed by atoms with E-state index in [0.29, 0.717) is 19.0 Å². The average Bonchev–Trinajstić information content (AvgIpc) is 2.75. The fraction of sp³-hybridized carbons (Fsp3) is 0.500. The van der Waals surface area contributed by atoms with Crippen LogP contribution >= 0.6 is 0 Å². The van der Waals surface area contributed by atoms with Crippen LogP contribution in [0.2, 0.25) is 0 Å². The average molecular weight is 253 g/mol. The number of carbonyl (C=O) groups is 1. The van der Waals surface area contributed by atoms with Gasteiger partial charge < -0.3 is 15.4 Å². The summed E-state index contributed by atoms with van der Waals surface area (Å²) in [6.45, 7) is 3.00. The van der Waals surface area contributed by atoms with Gasteiger partial charge in [-0.25, -0.2) is 9.37 Å². The number of hydrogen-bond donors (Lipinski definition) is 2. The van der Waals surface area contributed by atoms with Crippen molar-refractivity contribution in [3.63, 3.8) is 0 Å². The van der Waals surface area contributed by atoms with Crippen molar-refractivity contribution in [2.75, 3.05) is 25.6 Å². The first-order chi connectivity index (χ1) is 8.54. The summed E-state index contributed by atoms with van der Waals surface area (Å²) >= 11 is 0. The van der Waals surface area contributed by atoms with E-state index in [2.05, 4.69) is 15.6 Å². The summed E-state index contributed by atoms with van der Waals surface area (Å²) in [5, 5.41) is 5.63. The molecule has 18 heavy (non-hydrogen) atoms. The Morgan fingerprint density at radius 1 is 1.61 bits per heavy atom. The molecule has 0 aliphatic carbocycles. The number of nitrogens with one attached hydrogen (secondary N) is 2.